The summed E-state index contributed by atoms with van der Waals surface area (Å²) in [5.74, 6) is 0.414. The van der Waals surface area contributed by atoms with Gasteiger partial charge in [-0.25, -0.2) is 9.31 Å². The van der Waals surface area contributed by atoms with Crippen LogP contribution >= 0.6 is 0 Å². The third-order valence-corrected chi connectivity index (χ3v) is 4.40. The molecule has 0 radical (unpaired) electrons. The summed E-state index contributed by atoms with van der Waals surface area (Å²) >= 11 is 0. The first kappa shape index (κ1) is 14.7. The van der Waals surface area contributed by atoms with Crippen LogP contribution in [0.3, 0.4) is 0 Å². The van der Waals surface area contributed by atoms with Gasteiger partial charge in [0.25, 0.3) is 0 Å². The van der Waals surface area contributed by atoms with E-state index in [1.807, 2.05) is 18.2 Å². The molecule has 1 amide bonds. The van der Waals surface area contributed by atoms with Crippen molar-refractivity contribution in [2.24, 2.45) is 0 Å². The first-order valence-electron chi connectivity index (χ1n) is 7.94. The van der Waals surface area contributed by atoms with Gasteiger partial charge in [0.2, 0.25) is 5.91 Å². The number of benzene rings is 1. The Labute approximate surface area is 137 Å². The zero-order valence-electron chi connectivity index (χ0n) is 13.3. The molecule has 3 heterocycles. The Kier molecular flexibility index (Phi) is 3.68. The average molecular weight is 327 g/mol. The fraction of sp³-hybridized carbons (Fsp3) is 0.467. The van der Waals surface area contributed by atoms with E-state index in [1.165, 1.54) is 0 Å². The van der Waals surface area contributed by atoms with E-state index in [9.17, 15) is 4.79 Å². The minimum Gasteiger partial charge on any atom is -0.341 e. The molecule has 0 aliphatic carbocycles. The number of aryl methyl sites for hydroxylation is 1. The summed E-state index contributed by atoms with van der Waals surface area (Å²) in [5.41, 5.74) is 2.37. The minimum atomic E-state index is -0.287. The molecule has 0 bridgehead atoms. The second-order valence-electron chi connectivity index (χ2n) is 6.09. The standard InChI is InChI=1S/C15H17N7O2/c1-21(9-10-5-6-12-13(8-10)18-24-17-12)15(23)11-4-2-3-7-22-14(11)16-19-20-22/h5-6,8,11H,2-4,7,9H2,1H3/t11-/m1/s1. The first-order valence-corrected chi connectivity index (χ1v) is 7.94. The van der Waals surface area contributed by atoms with E-state index in [2.05, 4.69) is 25.8 Å². The van der Waals surface area contributed by atoms with Gasteiger partial charge < -0.3 is 4.90 Å². The summed E-state index contributed by atoms with van der Waals surface area (Å²) in [6.45, 7) is 1.26. The van der Waals surface area contributed by atoms with Crippen molar-refractivity contribution in [1.29, 1.82) is 0 Å². The quantitative estimate of drug-likeness (QED) is 0.710. The summed E-state index contributed by atoms with van der Waals surface area (Å²) in [4.78, 5) is 14.6. The maximum absolute atomic E-state index is 12.9. The highest BCUT2D eigenvalue weighted by atomic mass is 16.6. The summed E-state index contributed by atoms with van der Waals surface area (Å²) in [5, 5.41) is 19.4. The Morgan fingerprint density at radius 3 is 3.12 bits per heavy atom. The summed E-state index contributed by atoms with van der Waals surface area (Å²) in [6.07, 6.45) is 2.74. The molecule has 4 rings (SSSR count). The highest BCUT2D eigenvalue weighted by Crippen LogP contribution is 2.26. The lowest BCUT2D eigenvalue weighted by molar-refractivity contribution is -0.132. The first-order chi connectivity index (χ1) is 11.7. The van der Waals surface area contributed by atoms with Crippen LogP contribution in [0.2, 0.25) is 0 Å². The van der Waals surface area contributed by atoms with Crippen LogP contribution in [-0.2, 0) is 17.9 Å². The summed E-state index contributed by atoms with van der Waals surface area (Å²) in [6, 6.07) is 5.64. The predicted octanol–water partition coefficient (Wildman–Crippen LogP) is 1.14. The van der Waals surface area contributed by atoms with Crippen molar-refractivity contribution in [3.8, 4) is 0 Å². The molecule has 0 fully saturated rings. The maximum atomic E-state index is 12.9. The number of amides is 1. The van der Waals surface area contributed by atoms with Crippen molar-refractivity contribution < 1.29 is 9.42 Å². The van der Waals surface area contributed by atoms with Gasteiger partial charge in [0.05, 0.1) is 5.92 Å². The molecule has 0 spiro atoms. The third-order valence-electron chi connectivity index (χ3n) is 4.40. The molecule has 1 aromatic carbocycles. The van der Waals surface area contributed by atoms with Crippen LogP contribution in [0, 0.1) is 0 Å². The number of tetrazole rings is 1. The third kappa shape index (κ3) is 2.61. The largest absolute Gasteiger partial charge is 0.341 e. The van der Waals surface area contributed by atoms with Crippen molar-refractivity contribution in [2.45, 2.75) is 38.3 Å². The number of likely N-dealkylation sites (N-methyl/N-ethyl adjacent to an activating group) is 1. The Morgan fingerprint density at radius 2 is 2.21 bits per heavy atom. The second kappa shape index (κ2) is 5.99. The van der Waals surface area contributed by atoms with Crippen LogP contribution in [0.5, 0.6) is 0 Å². The molecule has 1 aliphatic rings. The van der Waals surface area contributed by atoms with Crippen LogP contribution < -0.4 is 0 Å². The smallest absolute Gasteiger partial charge is 0.233 e. The maximum Gasteiger partial charge on any atom is 0.233 e. The minimum absolute atomic E-state index is 0.0336. The molecule has 2 aromatic heterocycles. The Hall–Kier alpha value is -2.84. The van der Waals surface area contributed by atoms with Crippen molar-refractivity contribution >= 4 is 16.9 Å². The Morgan fingerprint density at radius 1 is 1.33 bits per heavy atom. The van der Waals surface area contributed by atoms with E-state index in [0.29, 0.717) is 23.4 Å². The zero-order valence-corrected chi connectivity index (χ0v) is 13.3. The van der Waals surface area contributed by atoms with E-state index in [-0.39, 0.29) is 11.8 Å². The molecule has 0 N–H and O–H groups in total. The molecule has 1 atom stereocenters. The van der Waals surface area contributed by atoms with Gasteiger partial charge in [-0.3, -0.25) is 4.79 Å². The van der Waals surface area contributed by atoms with Crippen LogP contribution in [0.4, 0.5) is 0 Å². The zero-order chi connectivity index (χ0) is 16.5. The van der Waals surface area contributed by atoms with Gasteiger partial charge in [0.15, 0.2) is 5.82 Å². The topological polar surface area (TPSA) is 103 Å². The fourth-order valence-electron chi connectivity index (χ4n) is 3.14. The Bertz CT molecular complexity index is 871. The Balaban J connectivity index is 1.53. The number of aromatic nitrogens is 6. The summed E-state index contributed by atoms with van der Waals surface area (Å²) in [7, 11) is 1.80. The molecular formula is C15H17N7O2. The molecule has 9 heteroatoms. The summed E-state index contributed by atoms with van der Waals surface area (Å²) < 4.78 is 6.45. The van der Waals surface area contributed by atoms with Crippen molar-refractivity contribution in [3.05, 3.63) is 29.6 Å². The van der Waals surface area contributed by atoms with Gasteiger partial charge in [-0.05, 0) is 51.3 Å². The van der Waals surface area contributed by atoms with Crippen LogP contribution in [0.1, 0.15) is 36.6 Å². The van der Waals surface area contributed by atoms with E-state index >= 15 is 0 Å². The van der Waals surface area contributed by atoms with Gasteiger partial charge in [-0.1, -0.05) is 12.5 Å². The molecule has 124 valence electrons. The lowest BCUT2D eigenvalue weighted by Crippen LogP contribution is -2.32. The number of fused-ring (bicyclic) bond motifs is 2. The highest BCUT2D eigenvalue weighted by molar-refractivity contribution is 5.83. The van der Waals surface area contributed by atoms with E-state index in [4.69, 9.17) is 4.63 Å². The van der Waals surface area contributed by atoms with Gasteiger partial charge in [0, 0.05) is 20.1 Å². The molecule has 3 aromatic rings. The van der Waals surface area contributed by atoms with E-state index in [0.717, 1.165) is 31.4 Å². The number of carbonyl (C=O) groups is 1. The molecule has 9 nitrogen and oxygen atoms in total. The normalized spacial score (nSPS) is 17.5. The number of hydrogen-bond donors (Lipinski definition) is 0. The predicted molar refractivity (Wildman–Crippen MR) is 82.7 cm³/mol. The lowest BCUT2D eigenvalue weighted by Gasteiger charge is -2.22. The van der Waals surface area contributed by atoms with Crippen molar-refractivity contribution in [3.63, 3.8) is 0 Å². The molecule has 1 aliphatic heterocycles. The molecule has 0 saturated carbocycles. The number of nitrogens with zero attached hydrogens (tertiary/aromatic N) is 7. The van der Waals surface area contributed by atoms with Crippen LogP contribution in [0.15, 0.2) is 22.8 Å². The molecular weight excluding hydrogens is 310 g/mol. The van der Waals surface area contributed by atoms with Crippen molar-refractivity contribution in [1.82, 2.24) is 35.4 Å². The fourth-order valence-corrected chi connectivity index (χ4v) is 3.14. The monoisotopic (exact) mass is 327 g/mol. The SMILES string of the molecule is CN(Cc1ccc2nonc2c1)C(=O)[C@@H]1CCCCn2nnnc21. The number of rotatable bonds is 3. The molecule has 24 heavy (non-hydrogen) atoms. The molecule has 0 saturated heterocycles. The second-order valence-corrected chi connectivity index (χ2v) is 6.09. The average Bonchev–Trinajstić information content (AvgIpc) is 3.19. The number of hydrogen-bond acceptors (Lipinski definition) is 7. The van der Waals surface area contributed by atoms with Gasteiger partial charge in [0.1, 0.15) is 11.0 Å². The molecule has 0 unspecified atom stereocenters. The number of carbonyl (C=O) groups excluding carboxylic acids is 1. The van der Waals surface area contributed by atoms with Crippen molar-refractivity contribution in [2.75, 3.05) is 7.05 Å². The van der Waals surface area contributed by atoms with Crippen LogP contribution in [-0.4, -0.2) is 48.4 Å². The van der Waals surface area contributed by atoms with Gasteiger partial charge in [-0.2, -0.15) is 0 Å². The van der Waals surface area contributed by atoms with Gasteiger partial charge in [-0.15, -0.1) is 5.10 Å². The lowest BCUT2D eigenvalue weighted by atomic mass is 10.0. The van der Waals surface area contributed by atoms with Crippen LogP contribution in [0.25, 0.3) is 11.0 Å². The van der Waals surface area contributed by atoms with E-state index in [1.54, 1.807) is 16.6 Å². The van der Waals surface area contributed by atoms with Gasteiger partial charge >= 0.3 is 0 Å². The highest BCUT2D eigenvalue weighted by Gasteiger charge is 2.30. The van der Waals surface area contributed by atoms with E-state index < -0.39 is 0 Å².